The third kappa shape index (κ3) is 11.7. The molecule has 19 nitrogen and oxygen atoms in total. The molecule has 1 saturated heterocycles. The third-order valence-corrected chi connectivity index (χ3v) is 13.6. The van der Waals surface area contributed by atoms with Gasteiger partial charge in [0.1, 0.15) is 29.4 Å². The number of imidazole rings is 1. The van der Waals surface area contributed by atoms with Crippen molar-refractivity contribution in [1.82, 2.24) is 24.2 Å². The minimum atomic E-state index is -1.75. The van der Waals surface area contributed by atoms with Gasteiger partial charge in [-0.05, 0) is 74.2 Å². The lowest BCUT2D eigenvalue weighted by molar-refractivity contribution is -0.384. The summed E-state index contributed by atoms with van der Waals surface area (Å²) >= 11 is 0. The number of nitro groups is 1. The monoisotopic (exact) mass is 962 g/mol. The molecule has 1 fully saturated rings. The van der Waals surface area contributed by atoms with E-state index in [1.807, 2.05) is 78.9 Å². The molecule has 1 aliphatic rings. The van der Waals surface area contributed by atoms with Crippen LogP contribution in [0.5, 0.6) is 11.5 Å². The van der Waals surface area contributed by atoms with E-state index in [9.17, 15) is 25.0 Å². The number of anilines is 1. The first-order valence-electron chi connectivity index (χ1n) is 22.4. The number of nitro benzene ring substituents is 1. The lowest BCUT2D eigenvalue weighted by atomic mass is 9.80. The number of nitrogens with zero attached hydrogens (tertiary/aromatic N) is 6. The molecule has 362 valence electrons. The molecule has 1 unspecified atom stereocenters. The number of ether oxygens (including phenoxy) is 5. The van der Waals surface area contributed by atoms with Gasteiger partial charge in [-0.1, -0.05) is 66.7 Å². The first kappa shape index (κ1) is 50.1. The van der Waals surface area contributed by atoms with E-state index in [2.05, 4.69) is 58.7 Å². The van der Waals surface area contributed by atoms with Crippen LogP contribution in [0.1, 0.15) is 69.0 Å². The molecule has 0 aliphatic carbocycles. The van der Waals surface area contributed by atoms with Crippen LogP contribution in [0.4, 0.5) is 16.4 Å². The minimum Gasteiger partial charge on any atom is -0.497 e. The smallest absolute Gasteiger partial charge is 0.413 e. The lowest BCUT2D eigenvalue weighted by Crippen LogP contribution is -2.39. The van der Waals surface area contributed by atoms with Crippen LogP contribution in [0.15, 0.2) is 114 Å². The number of nitrogens with one attached hydrogen (secondary N) is 2. The number of methoxy groups -OCH3 is 2. The molecule has 6 aromatic rings. The zero-order chi connectivity index (χ0) is 49.1. The van der Waals surface area contributed by atoms with E-state index in [-0.39, 0.29) is 67.5 Å². The van der Waals surface area contributed by atoms with E-state index in [4.69, 9.17) is 32.7 Å². The molecule has 1 aliphatic heterocycles. The van der Waals surface area contributed by atoms with Crippen molar-refractivity contribution >= 4 is 37.4 Å². The topological polar surface area (TPSA) is 227 Å². The maximum atomic E-state index is 13.4. The molecule has 2 N–H and O–H groups in total. The second-order valence-electron chi connectivity index (χ2n) is 16.5. The van der Waals surface area contributed by atoms with E-state index < -0.39 is 49.1 Å². The average molecular weight is 963 g/mol. The highest BCUT2D eigenvalue weighted by molar-refractivity contribution is 7.44. The molecule has 1 amide bonds. The number of carbonyl (C=O) groups is 1. The van der Waals surface area contributed by atoms with Gasteiger partial charge in [0.2, 0.25) is 5.95 Å². The molecular weight excluding hydrogens is 908 g/mol. The van der Waals surface area contributed by atoms with Gasteiger partial charge in [-0.15, -0.1) is 0 Å². The van der Waals surface area contributed by atoms with E-state index in [1.165, 1.54) is 18.5 Å². The first-order chi connectivity index (χ1) is 33.3. The Bertz CT molecular complexity index is 2690. The van der Waals surface area contributed by atoms with Crippen LogP contribution in [-0.4, -0.2) is 93.5 Å². The summed E-state index contributed by atoms with van der Waals surface area (Å²) in [7, 11) is 1.47. The van der Waals surface area contributed by atoms with Crippen molar-refractivity contribution in [3.63, 3.8) is 0 Å². The van der Waals surface area contributed by atoms with Gasteiger partial charge in [0.25, 0.3) is 19.8 Å². The lowest BCUT2D eigenvalue weighted by Gasteiger charge is -2.39. The van der Waals surface area contributed by atoms with Crippen molar-refractivity contribution < 1.29 is 42.4 Å². The molecular formula is C49H55N8O11P. The number of carbonyl (C=O) groups excluding carboxylic acids is 1. The Hall–Kier alpha value is -6.78. The number of hydrogen-bond acceptors (Lipinski definition) is 15. The highest BCUT2D eigenvalue weighted by Gasteiger charge is 2.45. The van der Waals surface area contributed by atoms with Gasteiger partial charge >= 0.3 is 6.09 Å². The molecule has 4 aromatic carbocycles. The zero-order valence-corrected chi connectivity index (χ0v) is 40.0. The predicted octanol–water partition coefficient (Wildman–Crippen LogP) is 8.79. The Morgan fingerprint density at radius 3 is 2.16 bits per heavy atom. The summed E-state index contributed by atoms with van der Waals surface area (Å²) < 4.78 is 47.9. The van der Waals surface area contributed by atoms with Gasteiger partial charge in [-0.25, -0.2) is 14.4 Å². The summed E-state index contributed by atoms with van der Waals surface area (Å²) in [5, 5.41) is 23.0. The number of nitriles is 1. The van der Waals surface area contributed by atoms with Crippen LogP contribution in [0.2, 0.25) is 0 Å². The second kappa shape index (κ2) is 23.0. The summed E-state index contributed by atoms with van der Waals surface area (Å²) in [5.74, 6) is 1.15. The summed E-state index contributed by atoms with van der Waals surface area (Å²) in [5.41, 5.74) is 1.46. The highest BCUT2D eigenvalue weighted by atomic mass is 31.2. The quantitative estimate of drug-likeness (QED) is 0.0213. The zero-order valence-electron chi connectivity index (χ0n) is 39.1. The molecule has 7 rings (SSSR count). The number of amides is 1. The average Bonchev–Trinajstić information content (AvgIpc) is 3.96. The number of H-pyrrole nitrogens is 1. The van der Waals surface area contributed by atoms with Gasteiger partial charge in [-0.3, -0.25) is 29.8 Å². The first-order valence-corrected chi connectivity index (χ1v) is 23.5. The number of aromatic amines is 1. The maximum absolute atomic E-state index is 13.4. The van der Waals surface area contributed by atoms with E-state index in [0.717, 1.165) is 22.3 Å². The summed E-state index contributed by atoms with van der Waals surface area (Å²) in [4.78, 5) is 48.4. The Kier molecular flexibility index (Phi) is 16.7. The SMILES string of the molecule is COc1ccc(C(OC[C@H]2O[C@@H](n3cnc4c(=O)[nH]c(NC(=O)OCCc5ccc([N+](=O)[O-])cc5)nc43)C[C@@H]2OP(OCCC#N)N(C(C)C)C(C)C)(c2ccccc2)c2ccc(OC)cc2)cc1. The van der Waals surface area contributed by atoms with Gasteiger partial charge in [0, 0.05) is 37.1 Å². The Balaban J connectivity index is 1.22. The minimum absolute atomic E-state index is 0.00263. The van der Waals surface area contributed by atoms with E-state index >= 15 is 0 Å². The predicted molar refractivity (Wildman–Crippen MR) is 257 cm³/mol. The third-order valence-electron chi connectivity index (χ3n) is 11.4. The van der Waals surface area contributed by atoms with Gasteiger partial charge in [0.15, 0.2) is 11.2 Å². The van der Waals surface area contributed by atoms with Crippen molar-refractivity contribution in [2.45, 2.75) is 83.1 Å². The van der Waals surface area contributed by atoms with Crippen LogP contribution in [-0.2, 0) is 35.3 Å². The van der Waals surface area contributed by atoms with Crippen molar-refractivity contribution in [1.29, 1.82) is 5.26 Å². The van der Waals surface area contributed by atoms with Crippen molar-refractivity contribution in [3.8, 4) is 17.6 Å². The molecule has 0 saturated carbocycles. The Labute approximate surface area is 400 Å². The second-order valence-corrected chi connectivity index (χ2v) is 18.0. The van der Waals surface area contributed by atoms with Crippen LogP contribution < -0.4 is 20.3 Å². The Morgan fingerprint density at radius 2 is 1.58 bits per heavy atom. The highest BCUT2D eigenvalue weighted by Crippen LogP contribution is 2.51. The van der Waals surface area contributed by atoms with Gasteiger partial charge in [0.05, 0.1) is 63.9 Å². The van der Waals surface area contributed by atoms with Crippen LogP contribution in [0, 0.1) is 21.4 Å². The number of benzene rings is 4. The summed E-state index contributed by atoms with van der Waals surface area (Å²) in [6.45, 7) is 8.31. The number of fused-ring (bicyclic) bond motifs is 1. The fourth-order valence-electron chi connectivity index (χ4n) is 8.20. The number of aromatic nitrogens is 4. The molecule has 0 bridgehead atoms. The van der Waals surface area contributed by atoms with E-state index in [0.29, 0.717) is 17.9 Å². The van der Waals surface area contributed by atoms with Crippen LogP contribution >= 0.6 is 8.53 Å². The standard InChI is InChI=1S/C49H55N8O11P/c1-32(2)56(33(3)4)69(66-27-10-26-50)68-41-29-43(55-31-51-44-45(55)52-47(53-46(44)58)54-48(59)64-28-25-34-13-19-38(20-14-34)57(60)61)67-42(41)30-65-49(35-11-8-7-9-12-35,36-15-21-39(62-5)22-16-36)37-17-23-40(63-6)24-18-37/h7-9,11-24,31-33,41-43H,10,25,27-30H2,1-6H3,(H2,52,53,54,58,59)/t41-,42+,43+,69?/m0/s1. The molecule has 69 heavy (non-hydrogen) atoms. The Morgan fingerprint density at radius 1 is 0.957 bits per heavy atom. The maximum Gasteiger partial charge on any atom is 0.413 e. The number of hydrogen-bond donors (Lipinski definition) is 2. The molecule has 20 heteroatoms. The summed E-state index contributed by atoms with van der Waals surface area (Å²) in [6.07, 6.45) is -0.985. The van der Waals surface area contributed by atoms with Crippen molar-refractivity contribution in [2.24, 2.45) is 0 Å². The molecule has 4 atom stereocenters. The molecule has 2 aromatic heterocycles. The summed E-state index contributed by atoms with van der Waals surface area (Å²) in [6, 6.07) is 33.4. The molecule has 0 spiro atoms. The van der Waals surface area contributed by atoms with E-state index in [1.54, 1.807) is 30.9 Å². The normalized spacial score (nSPS) is 16.4. The van der Waals surface area contributed by atoms with Gasteiger partial charge < -0.3 is 32.7 Å². The molecule has 0 radical (unpaired) electrons. The van der Waals surface area contributed by atoms with Crippen molar-refractivity contribution in [2.75, 3.05) is 39.4 Å². The van der Waals surface area contributed by atoms with Crippen LogP contribution in [0.3, 0.4) is 0 Å². The fraction of sp³-hybridized carbons (Fsp3) is 0.367. The molecule has 3 heterocycles. The van der Waals surface area contributed by atoms with Crippen molar-refractivity contribution in [3.05, 3.63) is 152 Å². The fourth-order valence-corrected chi connectivity index (χ4v) is 9.96. The largest absolute Gasteiger partial charge is 0.497 e. The van der Waals surface area contributed by atoms with Crippen LogP contribution in [0.25, 0.3) is 11.2 Å². The number of rotatable bonds is 22. The number of non-ortho nitro benzene ring substituents is 1. The van der Waals surface area contributed by atoms with Gasteiger partial charge in [-0.2, -0.15) is 10.2 Å².